The Morgan fingerprint density at radius 2 is 1.76 bits per heavy atom. The summed E-state index contributed by atoms with van der Waals surface area (Å²) in [4.78, 5) is 56.1. The number of ether oxygens (including phenoxy) is 1. The summed E-state index contributed by atoms with van der Waals surface area (Å²) in [7, 11) is 3.09. The van der Waals surface area contributed by atoms with Crippen molar-refractivity contribution in [1.29, 1.82) is 0 Å². The molecule has 10 nitrogen and oxygen atoms in total. The summed E-state index contributed by atoms with van der Waals surface area (Å²) in [6.45, 7) is 5.15. The van der Waals surface area contributed by atoms with Crippen molar-refractivity contribution in [2.45, 2.75) is 26.4 Å². The lowest BCUT2D eigenvalue weighted by molar-refractivity contribution is -0.133. The van der Waals surface area contributed by atoms with Crippen molar-refractivity contribution in [3.63, 3.8) is 0 Å². The molecule has 0 saturated carbocycles. The van der Waals surface area contributed by atoms with Gasteiger partial charge < -0.3 is 14.5 Å². The third kappa shape index (κ3) is 4.06. The first-order valence-corrected chi connectivity index (χ1v) is 11.6. The molecule has 11 heteroatoms. The molecule has 0 N–H and O–H groups in total. The number of fused-ring (bicyclic) bond motifs is 1. The maximum atomic E-state index is 13.2. The van der Waals surface area contributed by atoms with Crippen LogP contribution in [0.15, 0.2) is 27.8 Å². The molecule has 3 heterocycles. The van der Waals surface area contributed by atoms with Crippen LogP contribution in [0.25, 0.3) is 0 Å². The highest BCUT2D eigenvalue weighted by Crippen LogP contribution is 2.36. The van der Waals surface area contributed by atoms with Gasteiger partial charge in [-0.3, -0.25) is 28.4 Å². The minimum Gasteiger partial charge on any atom is -0.478 e. The van der Waals surface area contributed by atoms with Crippen LogP contribution in [0.2, 0.25) is 5.02 Å². The molecule has 182 valence electrons. The highest BCUT2D eigenvalue weighted by molar-refractivity contribution is 6.31. The summed E-state index contributed by atoms with van der Waals surface area (Å²) < 4.78 is 8.32. The van der Waals surface area contributed by atoms with Gasteiger partial charge >= 0.3 is 5.69 Å². The monoisotopic (exact) mass is 489 g/mol. The quantitative estimate of drug-likeness (QED) is 0.633. The van der Waals surface area contributed by atoms with Crippen molar-refractivity contribution in [3.8, 4) is 5.75 Å². The van der Waals surface area contributed by atoms with Crippen LogP contribution in [-0.2, 0) is 23.7 Å². The largest absolute Gasteiger partial charge is 0.478 e. The van der Waals surface area contributed by atoms with Gasteiger partial charge in [0.1, 0.15) is 18.0 Å². The zero-order chi connectivity index (χ0) is 24.7. The third-order valence-electron chi connectivity index (χ3n) is 6.56. The van der Waals surface area contributed by atoms with E-state index in [2.05, 4.69) is 0 Å². The molecule has 1 aromatic heterocycles. The van der Waals surface area contributed by atoms with E-state index in [4.69, 9.17) is 16.3 Å². The van der Waals surface area contributed by atoms with Crippen LogP contribution < -0.4 is 25.8 Å². The molecular weight excluding hydrogens is 462 g/mol. The Hall–Kier alpha value is -3.27. The van der Waals surface area contributed by atoms with Crippen LogP contribution in [-0.4, -0.2) is 64.7 Å². The van der Waals surface area contributed by atoms with E-state index in [-0.39, 0.29) is 29.6 Å². The zero-order valence-corrected chi connectivity index (χ0v) is 20.5. The Morgan fingerprint density at radius 3 is 2.41 bits per heavy atom. The first-order valence-electron chi connectivity index (χ1n) is 11.2. The maximum Gasteiger partial charge on any atom is 0.330 e. The van der Waals surface area contributed by atoms with Gasteiger partial charge in [0.25, 0.3) is 11.5 Å². The zero-order valence-electron chi connectivity index (χ0n) is 19.7. The Bertz CT molecular complexity index is 1260. The molecule has 0 aliphatic carbocycles. The lowest BCUT2D eigenvalue weighted by atomic mass is 10.1. The molecule has 34 heavy (non-hydrogen) atoms. The molecule has 2 aliphatic rings. The van der Waals surface area contributed by atoms with Crippen LogP contribution in [0.4, 0.5) is 11.4 Å². The number of halogens is 1. The van der Waals surface area contributed by atoms with Crippen molar-refractivity contribution in [2.75, 3.05) is 42.5 Å². The topological polar surface area (TPSA) is 97.1 Å². The van der Waals surface area contributed by atoms with Crippen LogP contribution in [0.5, 0.6) is 5.75 Å². The van der Waals surface area contributed by atoms with E-state index in [1.807, 2.05) is 11.8 Å². The number of rotatable bonds is 4. The van der Waals surface area contributed by atoms with E-state index in [0.29, 0.717) is 60.4 Å². The molecular formula is C23H28ClN5O5. The lowest BCUT2D eigenvalue weighted by Crippen LogP contribution is -2.55. The number of hydrogen-bond donors (Lipinski definition) is 0. The fraction of sp³-hybridized carbons (Fsp3) is 0.478. The second-order valence-electron chi connectivity index (χ2n) is 8.56. The molecule has 2 aliphatic heterocycles. The van der Waals surface area contributed by atoms with Gasteiger partial charge in [-0.1, -0.05) is 18.5 Å². The molecule has 2 aromatic rings. The van der Waals surface area contributed by atoms with Crippen LogP contribution in [0, 0.1) is 6.92 Å². The van der Waals surface area contributed by atoms with Gasteiger partial charge in [-0.2, -0.15) is 0 Å². The number of hydrogen-bond acceptors (Lipinski definition) is 6. The SMILES string of the molecule is CC[C@@H]1Oc2ccc(Cl)cc2N(CC(=O)N2CCN(c3c(C)n(C)c(=O)n(C)c3=O)CC2)C1=O. The molecule has 0 spiro atoms. The fourth-order valence-electron chi connectivity index (χ4n) is 4.42. The Labute approximate surface area is 201 Å². The van der Waals surface area contributed by atoms with Gasteiger partial charge in [0.2, 0.25) is 5.91 Å². The molecule has 2 amide bonds. The number of nitrogens with zero attached hydrogens (tertiary/aromatic N) is 5. The van der Waals surface area contributed by atoms with E-state index in [0.717, 1.165) is 4.57 Å². The molecule has 0 radical (unpaired) electrons. The number of amides is 2. The summed E-state index contributed by atoms with van der Waals surface area (Å²) in [5.41, 5.74) is 0.818. The standard InChI is InChI=1S/C23H28ClN5O5/c1-5-17-21(31)29(16-12-15(24)6-7-18(16)34-17)13-19(30)27-8-10-28(11-9-27)20-14(2)25(3)23(33)26(4)22(20)32/h6-7,12,17H,5,8-11,13H2,1-4H3/t17-/m0/s1. The summed E-state index contributed by atoms with van der Waals surface area (Å²) in [5, 5.41) is 0.449. The molecule has 0 bridgehead atoms. The van der Waals surface area contributed by atoms with E-state index < -0.39 is 6.10 Å². The number of benzene rings is 1. The van der Waals surface area contributed by atoms with Gasteiger partial charge in [0, 0.05) is 51.0 Å². The second kappa shape index (κ2) is 9.17. The highest BCUT2D eigenvalue weighted by Gasteiger charge is 2.36. The van der Waals surface area contributed by atoms with Crippen LogP contribution >= 0.6 is 11.6 Å². The van der Waals surface area contributed by atoms with E-state index >= 15 is 0 Å². The van der Waals surface area contributed by atoms with Crippen molar-refractivity contribution in [3.05, 3.63) is 49.8 Å². The molecule has 1 saturated heterocycles. The van der Waals surface area contributed by atoms with Crippen molar-refractivity contribution >= 4 is 34.8 Å². The molecule has 1 atom stereocenters. The van der Waals surface area contributed by atoms with E-state index in [1.54, 1.807) is 37.1 Å². The normalized spacial score (nSPS) is 18.1. The van der Waals surface area contributed by atoms with Crippen LogP contribution in [0.3, 0.4) is 0 Å². The first kappa shape index (κ1) is 23.9. The van der Waals surface area contributed by atoms with Gasteiger partial charge in [0.15, 0.2) is 6.10 Å². The van der Waals surface area contributed by atoms with Crippen LogP contribution in [0.1, 0.15) is 19.0 Å². The van der Waals surface area contributed by atoms with Gasteiger partial charge in [0.05, 0.1) is 5.69 Å². The highest BCUT2D eigenvalue weighted by atomic mass is 35.5. The summed E-state index contributed by atoms with van der Waals surface area (Å²) in [6.07, 6.45) is -0.166. The third-order valence-corrected chi connectivity index (χ3v) is 6.80. The summed E-state index contributed by atoms with van der Waals surface area (Å²) in [5.74, 6) is 0.0591. The van der Waals surface area contributed by atoms with Crippen molar-refractivity contribution < 1.29 is 14.3 Å². The second-order valence-corrected chi connectivity index (χ2v) is 9.00. The number of carbonyl (C=O) groups is 2. The smallest absolute Gasteiger partial charge is 0.330 e. The first-order chi connectivity index (χ1) is 16.1. The molecule has 4 rings (SSSR count). The average molecular weight is 490 g/mol. The van der Waals surface area contributed by atoms with Crippen molar-refractivity contribution in [1.82, 2.24) is 14.0 Å². The van der Waals surface area contributed by atoms with Crippen molar-refractivity contribution in [2.24, 2.45) is 14.1 Å². The Kier molecular flexibility index (Phi) is 6.44. The number of carbonyl (C=O) groups excluding carboxylic acids is 2. The van der Waals surface area contributed by atoms with Gasteiger partial charge in [-0.05, 0) is 31.5 Å². The maximum absolute atomic E-state index is 13.2. The minimum absolute atomic E-state index is 0.118. The minimum atomic E-state index is -0.651. The molecule has 0 unspecified atom stereocenters. The number of anilines is 2. The van der Waals surface area contributed by atoms with Gasteiger partial charge in [-0.25, -0.2) is 4.79 Å². The van der Waals surface area contributed by atoms with E-state index in [9.17, 15) is 19.2 Å². The number of piperazine rings is 1. The summed E-state index contributed by atoms with van der Waals surface area (Å²) >= 11 is 6.13. The fourth-order valence-corrected chi connectivity index (χ4v) is 4.59. The summed E-state index contributed by atoms with van der Waals surface area (Å²) in [6, 6.07) is 5.02. The van der Waals surface area contributed by atoms with Gasteiger partial charge in [-0.15, -0.1) is 0 Å². The predicted molar refractivity (Wildman–Crippen MR) is 129 cm³/mol. The number of aromatic nitrogens is 2. The Morgan fingerprint density at radius 1 is 1.09 bits per heavy atom. The average Bonchev–Trinajstić information content (AvgIpc) is 2.83. The van der Waals surface area contributed by atoms with E-state index in [1.165, 1.54) is 16.5 Å². The Balaban J connectivity index is 1.50. The molecule has 1 aromatic carbocycles. The lowest BCUT2D eigenvalue weighted by Gasteiger charge is -2.38. The molecule has 1 fully saturated rings. The predicted octanol–water partition coefficient (Wildman–Crippen LogP) is 0.899.